The van der Waals surface area contributed by atoms with Crippen LogP contribution in [-0.4, -0.2) is 28.6 Å². The molecule has 1 saturated carbocycles. The van der Waals surface area contributed by atoms with E-state index < -0.39 is 23.6 Å². The average Bonchev–Trinajstić information content (AvgIpc) is 2.61. The highest BCUT2D eigenvalue weighted by molar-refractivity contribution is 6.01. The Morgan fingerprint density at radius 1 is 1.47 bits per heavy atom. The van der Waals surface area contributed by atoms with E-state index >= 15 is 0 Å². The van der Waals surface area contributed by atoms with E-state index in [2.05, 4.69) is 0 Å². The summed E-state index contributed by atoms with van der Waals surface area (Å²) in [5.74, 6) is -1.15. The van der Waals surface area contributed by atoms with E-state index in [4.69, 9.17) is 4.74 Å². The number of carbonyl (C=O) groups is 2. The van der Waals surface area contributed by atoms with Crippen molar-refractivity contribution in [2.75, 3.05) is 0 Å². The molecule has 1 N–H and O–H groups in total. The number of ketones is 1. The van der Waals surface area contributed by atoms with E-state index in [0.29, 0.717) is 18.4 Å². The molecule has 0 unspecified atom stereocenters. The maximum absolute atomic E-state index is 11.9. The minimum atomic E-state index is -1.32. The molecule has 3 aliphatic rings. The first-order chi connectivity index (χ1) is 7.05. The molecule has 80 valence electrons. The molecule has 1 heterocycles. The summed E-state index contributed by atoms with van der Waals surface area (Å²) in [7, 11) is 0. The highest BCUT2D eigenvalue weighted by Gasteiger charge is 2.64. The molecule has 2 aliphatic carbocycles. The molecule has 1 saturated heterocycles. The van der Waals surface area contributed by atoms with Crippen molar-refractivity contribution in [3.05, 3.63) is 11.6 Å². The van der Waals surface area contributed by atoms with Gasteiger partial charge in [0.05, 0.1) is 11.5 Å². The zero-order valence-corrected chi connectivity index (χ0v) is 8.40. The van der Waals surface area contributed by atoms with Crippen LogP contribution in [-0.2, 0) is 14.3 Å². The van der Waals surface area contributed by atoms with Crippen LogP contribution in [0.15, 0.2) is 11.6 Å². The van der Waals surface area contributed by atoms with Gasteiger partial charge in [0, 0.05) is 5.92 Å². The fourth-order valence-corrected chi connectivity index (χ4v) is 3.06. The molecular weight excluding hydrogens is 196 g/mol. The molecule has 4 heteroatoms. The zero-order valence-electron chi connectivity index (χ0n) is 8.40. The Kier molecular flexibility index (Phi) is 1.51. The third-order valence-corrected chi connectivity index (χ3v) is 3.85. The first-order valence-electron chi connectivity index (χ1n) is 5.24. The number of aliphatic hydroxyl groups is 1. The van der Waals surface area contributed by atoms with Gasteiger partial charge in [0.1, 0.15) is 17.5 Å². The molecule has 1 aliphatic heterocycles. The summed E-state index contributed by atoms with van der Waals surface area (Å²) in [5.41, 5.74) is -1.01. The van der Waals surface area contributed by atoms with Gasteiger partial charge in [-0.15, -0.1) is 0 Å². The van der Waals surface area contributed by atoms with E-state index in [0.717, 1.165) is 0 Å². The van der Waals surface area contributed by atoms with Gasteiger partial charge < -0.3 is 9.84 Å². The lowest BCUT2D eigenvalue weighted by atomic mass is 9.73. The van der Waals surface area contributed by atoms with E-state index in [1.807, 2.05) is 0 Å². The van der Waals surface area contributed by atoms with Gasteiger partial charge >= 0.3 is 5.97 Å². The summed E-state index contributed by atoms with van der Waals surface area (Å²) in [6, 6.07) is 0. The van der Waals surface area contributed by atoms with Crippen molar-refractivity contribution < 1.29 is 19.4 Å². The predicted molar refractivity (Wildman–Crippen MR) is 49.8 cm³/mol. The minimum Gasteiger partial charge on any atom is -0.455 e. The van der Waals surface area contributed by atoms with Gasteiger partial charge in [0.25, 0.3) is 0 Å². The lowest BCUT2D eigenvalue weighted by Gasteiger charge is -2.32. The molecule has 0 radical (unpaired) electrons. The predicted octanol–water partition coefficient (Wildman–Crippen LogP) is 0.198. The minimum absolute atomic E-state index is 0.0297. The standard InChI is InChI=1S/C11H12O4/c1-5-4-7-10(13)15-8-3-2-6(9(5)12)11(7,8)14/h4-6,8,14H,2-3H2,1H3/t5-,6+,8+,11-/m0/s1. The highest BCUT2D eigenvalue weighted by Crippen LogP contribution is 2.51. The summed E-state index contributed by atoms with van der Waals surface area (Å²) in [4.78, 5) is 23.4. The van der Waals surface area contributed by atoms with Crippen LogP contribution in [0.3, 0.4) is 0 Å². The quantitative estimate of drug-likeness (QED) is 0.577. The molecule has 15 heavy (non-hydrogen) atoms. The summed E-state index contributed by atoms with van der Waals surface area (Å²) in [6.07, 6.45) is 2.27. The van der Waals surface area contributed by atoms with Crippen LogP contribution in [0.2, 0.25) is 0 Å². The van der Waals surface area contributed by atoms with Gasteiger partial charge in [-0.3, -0.25) is 4.79 Å². The van der Waals surface area contributed by atoms with Crippen molar-refractivity contribution >= 4 is 11.8 Å². The molecule has 0 aromatic rings. The van der Waals surface area contributed by atoms with Crippen LogP contribution in [0.25, 0.3) is 0 Å². The fourth-order valence-electron chi connectivity index (χ4n) is 3.06. The smallest absolute Gasteiger partial charge is 0.337 e. The van der Waals surface area contributed by atoms with Crippen molar-refractivity contribution in [3.63, 3.8) is 0 Å². The molecule has 4 nitrogen and oxygen atoms in total. The van der Waals surface area contributed by atoms with E-state index in [1.54, 1.807) is 13.0 Å². The lowest BCUT2D eigenvalue weighted by molar-refractivity contribution is -0.141. The van der Waals surface area contributed by atoms with Crippen molar-refractivity contribution in [1.82, 2.24) is 0 Å². The number of ether oxygens (including phenoxy) is 1. The number of esters is 1. The molecular formula is C11H12O4. The SMILES string of the molecule is C[C@H]1C=C2C(=O)O[C@@H]3CC[C@H](C1=O)[C@]23O. The number of rotatable bonds is 0. The fraction of sp³-hybridized carbons (Fsp3) is 0.636. The van der Waals surface area contributed by atoms with E-state index in [-0.39, 0.29) is 11.7 Å². The van der Waals surface area contributed by atoms with Crippen molar-refractivity contribution in [2.45, 2.75) is 31.5 Å². The van der Waals surface area contributed by atoms with E-state index in [1.165, 1.54) is 0 Å². The molecule has 2 fully saturated rings. The second-order valence-corrected chi connectivity index (χ2v) is 4.62. The Labute approximate surface area is 86.9 Å². The van der Waals surface area contributed by atoms with Crippen LogP contribution < -0.4 is 0 Å². The third-order valence-electron chi connectivity index (χ3n) is 3.85. The first-order valence-corrected chi connectivity index (χ1v) is 5.24. The number of hydrogen-bond donors (Lipinski definition) is 1. The third kappa shape index (κ3) is 0.862. The summed E-state index contributed by atoms with van der Waals surface area (Å²) in [5, 5.41) is 10.4. The van der Waals surface area contributed by atoms with Crippen molar-refractivity contribution in [2.24, 2.45) is 11.8 Å². The maximum atomic E-state index is 11.9. The molecule has 0 spiro atoms. The number of Topliss-reactive ketones (excluding diaryl/α,β-unsaturated/α-hetero) is 1. The second-order valence-electron chi connectivity index (χ2n) is 4.62. The normalized spacial score (nSPS) is 47.6. The number of hydrogen-bond acceptors (Lipinski definition) is 4. The molecule has 0 aromatic heterocycles. The van der Waals surface area contributed by atoms with Gasteiger partial charge in [-0.25, -0.2) is 4.79 Å². The van der Waals surface area contributed by atoms with Crippen molar-refractivity contribution in [1.29, 1.82) is 0 Å². The largest absolute Gasteiger partial charge is 0.455 e. The monoisotopic (exact) mass is 208 g/mol. The highest BCUT2D eigenvalue weighted by atomic mass is 16.6. The Hall–Kier alpha value is -1.16. The van der Waals surface area contributed by atoms with Crippen LogP contribution >= 0.6 is 0 Å². The number of allylic oxidation sites excluding steroid dienone is 1. The molecule has 0 amide bonds. The van der Waals surface area contributed by atoms with Gasteiger partial charge in [-0.1, -0.05) is 13.0 Å². The van der Waals surface area contributed by atoms with Gasteiger partial charge in [0.15, 0.2) is 0 Å². The van der Waals surface area contributed by atoms with Gasteiger partial charge in [-0.2, -0.15) is 0 Å². The maximum Gasteiger partial charge on any atom is 0.337 e. The Morgan fingerprint density at radius 2 is 2.20 bits per heavy atom. The Balaban J connectivity index is 2.20. The van der Waals surface area contributed by atoms with Crippen LogP contribution in [0.1, 0.15) is 19.8 Å². The topological polar surface area (TPSA) is 63.6 Å². The van der Waals surface area contributed by atoms with Crippen molar-refractivity contribution in [3.8, 4) is 0 Å². The summed E-state index contributed by atoms with van der Waals surface area (Å²) in [6.45, 7) is 1.76. The molecule has 0 bridgehead atoms. The van der Waals surface area contributed by atoms with Crippen LogP contribution in [0, 0.1) is 11.8 Å². The zero-order chi connectivity index (χ0) is 10.8. The van der Waals surface area contributed by atoms with Crippen LogP contribution in [0.4, 0.5) is 0 Å². The summed E-state index contributed by atoms with van der Waals surface area (Å²) < 4.78 is 5.09. The van der Waals surface area contributed by atoms with Gasteiger partial charge in [-0.05, 0) is 12.8 Å². The lowest BCUT2D eigenvalue weighted by Crippen LogP contribution is -2.48. The molecule has 0 aromatic carbocycles. The average molecular weight is 208 g/mol. The van der Waals surface area contributed by atoms with Crippen LogP contribution in [0.5, 0.6) is 0 Å². The second kappa shape index (κ2) is 2.50. The summed E-state index contributed by atoms with van der Waals surface area (Å²) >= 11 is 0. The van der Waals surface area contributed by atoms with Gasteiger partial charge in [0.2, 0.25) is 0 Å². The molecule has 3 rings (SSSR count). The Morgan fingerprint density at radius 3 is 2.93 bits per heavy atom. The first kappa shape index (κ1) is 9.09. The Bertz CT molecular complexity index is 397. The number of carbonyl (C=O) groups excluding carboxylic acids is 2. The van der Waals surface area contributed by atoms with E-state index in [9.17, 15) is 14.7 Å². The molecule has 4 atom stereocenters.